The van der Waals surface area contributed by atoms with Gasteiger partial charge >= 0.3 is 0 Å². The number of ketones is 2. The number of carbonyl (C=O) groups is 2. The summed E-state index contributed by atoms with van der Waals surface area (Å²) in [5.74, 6) is -0.382. The van der Waals surface area contributed by atoms with Crippen molar-refractivity contribution in [3.05, 3.63) is 64.8 Å². The minimum Gasteiger partial charge on any atom is -0.380 e. The second-order valence-electron chi connectivity index (χ2n) is 6.70. The van der Waals surface area contributed by atoms with E-state index in [4.69, 9.17) is 0 Å². The van der Waals surface area contributed by atoms with Gasteiger partial charge in [0.05, 0.1) is 5.70 Å². The number of fused-ring (bicyclic) bond motifs is 2. The first kappa shape index (κ1) is 17.6. The Labute approximate surface area is 161 Å². The van der Waals surface area contributed by atoms with Crippen molar-refractivity contribution in [3.63, 3.8) is 0 Å². The monoisotopic (exact) mass is 377 g/mol. The second-order valence-corrected chi connectivity index (χ2v) is 7.70. The molecule has 5 nitrogen and oxygen atoms in total. The fourth-order valence-corrected chi connectivity index (χ4v) is 4.16. The van der Waals surface area contributed by atoms with Crippen LogP contribution in [0.2, 0.25) is 0 Å². The third kappa shape index (κ3) is 3.29. The number of rotatable bonds is 5. The molecule has 1 aromatic heterocycles. The van der Waals surface area contributed by atoms with Crippen molar-refractivity contribution in [1.29, 1.82) is 0 Å². The van der Waals surface area contributed by atoms with Gasteiger partial charge in [0, 0.05) is 24.7 Å². The highest BCUT2D eigenvalue weighted by Crippen LogP contribution is 2.35. The molecule has 0 saturated heterocycles. The Bertz CT molecular complexity index is 1080. The van der Waals surface area contributed by atoms with E-state index in [9.17, 15) is 9.59 Å². The van der Waals surface area contributed by atoms with Crippen molar-refractivity contribution in [2.45, 2.75) is 0 Å². The summed E-state index contributed by atoms with van der Waals surface area (Å²) in [6.07, 6.45) is 1.37. The van der Waals surface area contributed by atoms with Gasteiger partial charge in [0.15, 0.2) is 0 Å². The topological polar surface area (TPSA) is 62.3 Å². The van der Waals surface area contributed by atoms with Crippen molar-refractivity contribution in [1.82, 2.24) is 15.2 Å². The lowest BCUT2D eigenvalue weighted by Crippen LogP contribution is -2.31. The van der Waals surface area contributed by atoms with E-state index in [1.165, 1.54) is 17.4 Å². The molecule has 0 fully saturated rings. The number of hydrogen-bond acceptors (Lipinski definition) is 6. The first-order valence-corrected chi connectivity index (χ1v) is 9.54. The van der Waals surface area contributed by atoms with Gasteiger partial charge in [0.25, 0.3) is 0 Å². The lowest BCUT2D eigenvalue weighted by atomic mass is 10.0. The first-order chi connectivity index (χ1) is 13.0. The number of likely N-dealkylation sites (N-methyl/N-ethyl adjacent to an activating group) is 1. The van der Waals surface area contributed by atoms with Crippen molar-refractivity contribution in [2.75, 3.05) is 27.2 Å². The molecule has 2 aromatic carbocycles. The number of aromatic nitrogens is 1. The maximum Gasteiger partial charge on any atom is 0.221 e. The van der Waals surface area contributed by atoms with Crippen LogP contribution in [0.5, 0.6) is 0 Å². The van der Waals surface area contributed by atoms with E-state index in [-0.39, 0.29) is 17.3 Å². The quantitative estimate of drug-likeness (QED) is 0.739. The van der Waals surface area contributed by atoms with Gasteiger partial charge in [0.2, 0.25) is 11.6 Å². The minimum atomic E-state index is -0.223. The van der Waals surface area contributed by atoms with Crippen LogP contribution in [0.3, 0.4) is 0 Å². The van der Waals surface area contributed by atoms with E-state index in [2.05, 4.69) is 10.3 Å². The molecule has 0 spiro atoms. The average Bonchev–Trinajstić information content (AvgIpc) is 3.11. The molecule has 1 heterocycles. The van der Waals surface area contributed by atoms with E-state index in [1.807, 2.05) is 61.5 Å². The molecule has 0 radical (unpaired) electrons. The van der Waals surface area contributed by atoms with Crippen LogP contribution in [0.25, 0.3) is 21.3 Å². The smallest absolute Gasteiger partial charge is 0.221 e. The van der Waals surface area contributed by atoms with Gasteiger partial charge in [-0.3, -0.25) is 9.59 Å². The van der Waals surface area contributed by atoms with Gasteiger partial charge in [0.1, 0.15) is 15.6 Å². The second kappa shape index (κ2) is 7.06. The van der Waals surface area contributed by atoms with Crippen molar-refractivity contribution >= 4 is 33.7 Å². The van der Waals surface area contributed by atoms with Crippen LogP contribution in [0, 0.1) is 0 Å². The number of Topliss-reactive ketones (excluding diaryl/α,β-unsaturated/α-hetero) is 1. The van der Waals surface area contributed by atoms with Crippen LogP contribution in [0.1, 0.15) is 20.2 Å². The molecule has 0 unspecified atom stereocenters. The molecule has 136 valence electrons. The van der Waals surface area contributed by atoms with Crippen LogP contribution < -0.4 is 5.32 Å². The molecular formula is C21H19N3O2S. The van der Waals surface area contributed by atoms with E-state index in [0.717, 1.165) is 22.9 Å². The summed E-state index contributed by atoms with van der Waals surface area (Å²) >= 11 is 1.29. The Morgan fingerprint density at radius 3 is 2.67 bits per heavy atom. The normalized spacial score (nSPS) is 13.8. The van der Waals surface area contributed by atoms with Crippen LogP contribution in [0.15, 0.2) is 54.2 Å². The van der Waals surface area contributed by atoms with E-state index < -0.39 is 0 Å². The number of hydrogen-bond donors (Lipinski definition) is 1. The molecule has 1 aliphatic carbocycles. The summed E-state index contributed by atoms with van der Waals surface area (Å²) < 4.78 is 0. The summed E-state index contributed by atoms with van der Waals surface area (Å²) in [5, 5.41) is 5.94. The third-order valence-corrected chi connectivity index (χ3v) is 5.57. The fraction of sp³-hybridized carbons (Fsp3) is 0.190. The predicted octanol–water partition coefficient (Wildman–Crippen LogP) is 3.38. The minimum absolute atomic E-state index is 0.160. The highest BCUT2D eigenvalue weighted by molar-refractivity contribution is 7.17. The molecular weight excluding hydrogens is 358 g/mol. The molecule has 6 heteroatoms. The lowest BCUT2D eigenvalue weighted by molar-refractivity contribution is 0.0978. The van der Waals surface area contributed by atoms with Crippen LogP contribution in [-0.2, 0) is 0 Å². The molecule has 1 aliphatic rings. The standard InChI is InChI=1S/C21H19N3O2S/c1-24(2)11-10-22-16-12-17(25)18-20(19(16)26)27-21(23-18)15-9-5-7-13-6-3-4-8-14(13)15/h3-9,12,22H,10-11H2,1-2H3. The largest absolute Gasteiger partial charge is 0.380 e. The maximum absolute atomic E-state index is 12.8. The lowest BCUT2D eigenvalue weighted by Gasteiger charge is -2.15. The zero-order chi connectivity index (χ0) is 19.0. The van der Waals surface area contributed by atoms with Gasteiger partial charge in [-0.2, -0.15) is 0 Å². The Morgan fingerprint density at radius 1 is 1.07 bits per heavy atom. The van der Waals surface area contributed by atoms with Gasteiger partial charge in [-0.25, -0.2) is 4.98 Å². The number of thiazole rings is 1. The van der Waals surface area contributed by atoms with E-state index >= 15 is 0 Å². The van der Waals surface area contributed by atoms with E-state index in [0.29, 0.717) is 22.1 Å². The fourth-order valence-electron chi connectivity index (χ4n) is 3.10. The van der Waals surface area contributed by atoms with Gasteiger partial charge < -0.3 is 10.2 Å². The molecule has 0 atom stereocenters. The zero-order valence-electron chi connectivity index (χ0n) is 15.2. The molecule has 0 saturated carbocycles. The Kier molecular flexibility index (Phi) is 4.59. The third-order valence-electron chi connectivity index (χ3n) is 4.48. The van der Waals surface area contributed by atoms with Crippen LogP contribution in [-0.4, -0.2) is 48.6 Å². The summed E-state index contributed by atoms with van der Waals surface area (Å²) in [6, 6.07) is 14.0. The Balaban J connectivity index is 1.69. The van der Waals surface area contributed by atoms with Gasteiger partial charge in [-0.15, -0.1) is 11.3 Å². The number of nitrogens with one attached hydrogen (secondary N) is 1. The summed E-state index contributed by atoms with van der Waals surface area (Å²) in [5.41, 5.74) is 1.55. The SMILES string of the molecule is CN(C)CCNC1=CC(=O)c2nc(-c3cccc4ccccc34)sc2C1=O. The van der Waals surface area contributed by atoms with Gasteiger partial charge in [-0.05, 0) is 24.9 Å². The number of allylic oxidation sites excluding steroid dienone is 2. The van der Waals surface area contributed by atoms with Crippen molar-refractivity contribution < 1.29 is 9.59 Å². The highest BCUT2D eigenvalue weighted by atomic mass is 32.1. The number of carbonyl (C=O) groups excluding carboxylic acids is 2. The highest BCUT2D eigenvalue weighted by Gasteiger charge is 2.30. The Hall–Kier alpha value is -2.83. The molecule has 4 rings (SSSR count). The molecule has 27 heavy (non-hydrogen) atoms. The Morgan fingerprint density at radius 2 is 1.85 bits per heavy atom. The van der Waals surface area contributed by atoms with Crippen LogP contribution >= 0.6 is 11.3 Å². The average molecular weight is 377 g/mol. The van der Waals surface area contributed by atoms with Crippen molar-refractivity contribution in [2.24, 2.45) is 0 Å². The maximum atomic E-state index is 12.8. The predicted molar refractivity (Wildman–Crippen MR) is 108 cm³/mol. The molecule has 0 bridgehead atoms. The molecule has 1 N–H and O–H groups in total. The molecule has 3 aromatic rings. The summed E-state index contributed by atoms with van der Waals surface area (Å²) in [6.45, 7) is 1.37. The molecule has 0 aliphatic heterocycles. The van der Waals surface area contributed by atoms with Crippen LogP contribution in [0.4, 0.5) is 0 Å². The van der Waals surface area contributed by atoms with E-state index in [1.54, 1.807) is 0 Å². The molecule has 0 amide bonds. The summed E-state index contributed by atoms with van der Waals surface area (Å²) in [7, 11) is 3.92. The zero-order valence-corrected chi connectivity index (χ0v) is 16.0. The number of benzene rings is 2. The van der Waals surface area contributed by atoms with Gasteiger partial charge in [-0.1, -0.05) is 42.5 Å². The summed E-state index contributed by atoms with van der Waals surface area (Å²) in [4.78, 5) is 32.3. The van der Waals surface area contributed by atoms with Crippen molar-refractivity contribution in [3.8, 4) is 10.6 Å². The number of nitrogens with zero attached hydrogens (tertiary/aromatic N) is 2. The first-order valence-electron chi connectivity index (χ1n) is 8.73.